The van der Waals surface area contributed by atoms with Gasteiger partial charge in [0.25, 0.3) is 0 Å². The zero-order valence-corrected chi connectivity index (χ0v) is 6.14. The fourth-order valence-electron chi connectivity index (χ4n) is 0.714. The van der Waals surface area contributed by atoms with E-state index in [1.165, 1.54) is 0 Å². The lowest BCUT2D eigenvalue weighted by Gasteiger charge is -1.96. The molecule has 0 aliphatic heterocycles. The van der Waals surface area contributed by atoms with E-state index >= 15 is 0 Å². The highest BCUT2D eigenvalue weighted by Crippen LogP contribution is 1.83. The summed E-state index contributed by atoms with van der Waals surface area (Å²) < 4.78 is 1.77. The van der Waals surface area contributed by atoms with Crippen LogP contribution in [0.3, 0.4) is 0 Å². The molecule has 1 rings (SSSR count). The molecule has 0 aliphatic carbocycles. The van der Waals surface area contributed by atoms with Gasteiger partial charge in [-0.3, -0.25) is 9.67 Å². The predicted molar refractivity (Wildman–Crippen MR) is 42.9 cm³/mol. The van der Waals surface area contributed by atoms with Crippen molar-refractivity contribution in [3.05, 3.63) is 18.5 Å². The van der Waals surface area contributed by atoms with Gasteiger partial charge in [-0.2, -0.15) is 5.10 Å². The standard InChI is InChI=1S/C6H11N5/c7-6(8)9-3-5-11-4-1-2-10-11/h1-2,4H,3,5H2,(H4,7,8,9). The van der Waals surface area contributed by atoms with E-state index in [4.69, 9.17) is 11.5 Å². The van der Waals surface area contributed by atoms with Crippen molar-refractivity contribution in [2.24, 2.45) is 16.5 Å². The van der Waals surface area contributed by atoms with Gasteiger partial charge in [0, 0.05) is 12.4 Å². The Kier molecular flexibility index (Phi) is 2.48. The lowest BCUT2D eigenvalue weighted by molar-refractivity contribution is 0.625. The van der Waals surface area contributed by atoms with Crippen molar-refractivity contribution < 1.29 is 0 Å². The maximum absolute atomic E-state index is 5.13. The zero-order valence-electron chi connectivity index (χ0n) is 6.14. The van der Waals surface area contributed by atoms with Crippen molar-refractivity contribution in [1.29, 1.82) is 0 Å². The Labute approximate surface area is 64.7 Å². The molecular weight excluding hydrogens is 142 g/mol. The number of hydrogen-bond acceptors (Lipinski definition) is 2. The molecule has 5 nitrogen and oxygen atoms in total. The maximum atomic E-state index is 5.13. The van der Waals surface area contributed by atoms with E-state index in [1.54, 1.807) is 10.9 Å². The Bertz CT molecular complexity index is 221. The van der Waals surface area contributed by atoms with Crippen molar-refractivity contribution >= 4 is 5.96 Å². The van der Waals surface area contributed by atoms with Gasteiger partial charge in [0.05, 0.1) is 13.1 Å². The quantitative estimate of drug-likeness (QED) is 0.438. The minimum Gasteiger partial charge on any atom is -0.370 e. The van der Waals surface area contributed by atoms with E-state index < -0.39 is 0 Å². The van der Waals surface area contributed by atoms with Gasteiger partial charge in [-0.1, -0.05) is 0 Å². The second-order valence-corrected chi connectivity index (χ2v) is 2.08. The van der Waals surface area contributed by atoms with Crippen molar-refractivity contribution in [2.75, 3.05) is 6.54 Å². The van der Waals surface area contributed by atoms with Crippen molar-refractivity contribution in [3.8, 4) is 0 Å². The Morgan fingerprint density at radius 1 is 1.55 bits per heavy atom. The SMILES string of the molecule is NC(N)=NCCn1cccn1. The first-order valence-electron chi connectivity index (χ1n) is 3.32. The van der Waals surface area contributed by atoms with Crippen LogP contribution in [0.4, 0.5) is 0 Å². The summed E-state index contributed by atoms with van der Waals surface area (Å²) in [6.45, 7) is 1.29. The van der Waals surface area contributed by atoms with Crippen LogP contribution in [0.1, 0.15) is 0 Å². The van der Waals surface area contributed by atoms with Crippen LogP contribution in [0.5, 0.6) is 0 Å². The molecule has 0 saturated carbocycles. The first kappa shape index (κ1) is 7.59. The minimum absolute atomic E-state index is 0.122. The molecule has 0 bridgehead atoms. The number of aliphatic imine (C=N–C) groups is 1. The normalized spacial score (nSPS) is 9.45. The highest BCUT2D eigenvalue weighted by molar-refractivity contribution is 5.75. The Morgan fingerprint density at radius 2 is 2.36 bits per heavy atom. The first-order valence-corrected chi connectivity index (χ1v) is 3.32. The van der Waals surface area contributed by atoms with E-state index in [0.717, 1.165) is 0 Å². The summed E-state index contributed by atoms with van der Waals surface area (Å²) in [4.78, 5) is 3.81. The summed E-state index contributed by atoms with van der Waals surface area (Å²) in [5.74, 6) is 0.122. The van der Waals surface area contributed by atoms with Crippen molar-refractivity contribution in [3.63, 3.8) is 0 Å². The fourth-order valence-corrected chi connectivity index (χ4v) is 0.714. The van der Waals surface area contributed by atoms with Crippen molar-refractivity contribution in [1.82, 2.24) is 9.78 Å². The van der Waals surface area contributed by atoms with Crippen LogP contribution < -0.4 is 11.5 Å². The van der Waals surface area contributed by atoms with E-state index in [0.29, 0.717) is 13.1 Å². The molecule has 11 heavy (non-hydrogen) atoms. The van der Waals surface area contributed by atoms with Crippen LogP contribution in [0.15, 0.2) is 23.5 Å². The number of aromatic nitrogens is 2. The number of nitrogens with zero attached hydrogens (tertiary/aromatic N) is 3. The number of rotatable bonds is 3. The average Bonchev–Trinajstić information content (AvgIpc) is 2.39. The molecule has 4 N–H and O–H groups in total. The summed E-state index contributed by atoms with van der Waals surface area (Å²) in [6, 6.07) is 1.86. The lowest BCUT2D eigenvalue weighted by atomic mass is 10.6. The molecule has 1 aromatic rings. The Hall–Kier alpha value is -1.52. The predicted octanol–water partition coefficient (Wildman–Crippen LogP) is -0.843. The van der Waals surface area contributed by atoms with Crippen LogP contribution >= 0.6 is 0 Å². The average molecular weight is 153 g/mol. The first-order chi connectivity index (χ1) is 5.29. The molecule has 0 fully saturated rings. The largest absolute Gasteiger partial charge is 0.370 e. The summed E-state index contributed by atoms with van der Waals surface area (Å²) in [7, 11) is 0. The van der Waals surface area contributed by atoms with Gasteiger partial charge < -0.3 is 11.5 Å². The third-order valence-electron chi connectivity index (χ3n) is 1.18. The van der Waals surface area contributed by atoms with Crippen LogP contribution in [0.25, 0.3) is 0 Å². The van der Waals surface area contributed by atoms with Gasteiger partial charge in [0.2, 0.25) is 0 Å². The van der Waals surface area contributed by atoms with Crippen molar-refractivity contribution in [2.45, 2.75) is 6.54 Å². The van der Waals surface area contributed by atoms with Crippen LogP contribution in [-0.4, -0.2) is 22.3 Å². The number of guanidine groups is 1. The molecule has 5 heteroatoms. The number of hydrogen-bond donors (Lipinski definition) is 2. The number of nitrogens with two attached hydrogens (primary N) is 2. The van der Waals surface area contributed by atoms with Crippen LogP contribution in [-0.2, 0) is 6.54 Å². The molecular formula is C6H11N5. The van der Waals surface area contributed by atoms with Crippen LogP contribution in [0.2, 0.25) is 0 Å². The third kappa shape index (κ3) is 2.70. The molecule has 0 atom stereocenters. The van der Waals surface area contributed by atoms with Gasteiger partial charge in [-0.15, -0.1) is 0 Å². The molecule has 1 aromatic heterocycles. The van der Waals surface area contributed by atoms with Crippen LogP contribution in [0, 0.1) is 0 Å². The summed E-state index contributed by atoms with van der Waals surface area (Å²) in [6.07, 6.45) is 3.58. The summed E-state index contributed by atoms with van der Waals surface area (Å²) >= 11 is 0. The molecule has 0 aliphatic rings. The van der Waals surface area contributed by atoms with E-state index in [1.807, 2.05) is 12.3 Å². The van der Waals surface area contributed by atoms with Gasteiger partial charge in [0.15, 0.2) is 5.96 Å². The summed E-state index contributed by atoms with van der Waals surface area (Å²) in [5.41, 5.74) is 10.3. The Balaban J connectivity index is 2.30. The van der Waals surface area contributed by atoms with Gasteiger partial charge >= 0.3 is 0 Å². The zero-order chi connectivity index (χ0) is 8.10. The molecule has 0 radical (unpaired) electrons. The second kappa shape index (κ2) is 3.60. The second-order valence-electron chi connectivity index (χ2n) is 2.08. The van der Waals surface area contributed by atoms with E-state index in [9.17, 15) is 0 Å². The Morgan fingerprint density at radius 3 is 2.91 bits per heavy atom. The van der Waals surface area contributed by atoms with E-state index in [-0.39, 0.29) is 5.96 Å². The molecule has 0 saturated heterocycles. The molecule has 1 heterocycles. The van der Waals surface area contributed by atoms with Gasteiger partial charge in [-0.05, 0) is 6.07 Å². The fraction of sp³-hybridized carbons (Fsp3) is 0.333. The maximum Gasteiger partial charge on any atom is 0.185 e. The molecule has 0 aromatic carbocycles. The van der Waals surface area contributed by atoms with Gasteiger partial charge in [0.1, 0.15) is 0 Å². The molecule has 0 spiro atoms. The smallest absolute Gasteiger partial charge is 0.185 e. The lowest BCUT2D eigenvalue weighted by Crippen LogP contribution is -2.23. The highest BCUT2D eigenvalue weighted by atomic mass is 15.3. The monoisotopic (exact) mass is 153 g/mol. The third-order valence-corrected chi connectivity index (χ3v) is 1.18. The molecule has 60 valence electrons. The molecule has 0 unspecified atom stereocenters. The van der Waals surface area contributed by atoms with E-state index in [2.05, 4.69) is 10.1 Å². The highest BCUT2D eigenvalue weighted by Gasteiger charge is 1.87. The van der Waals surface area contributed by atoms with Gasteiger partial charge in [-0.25, -0.2) is 0 Å². The minimum atomic E-state index is 0.122. The summed E-state index contributed by atoms with van der Waals surface area (Å²) in [5, 5.41) is 3.98. The topological polar surface area (TPSA) is 82.2 Å². The molecule has 0 amide bonds.